The average molecular weight is 454 g/mol. The topological polar surface area (TPSA) is 148 Å². The predicted octanol–water partition coefficient (Wildman–Crippen LogP) is 1.51. The molecule has 1 saturated heterocycles. The lowest BCUT2D eigenvalue weighted by Gasteiger charge is -2.18. The second kappa shape index (κ2) is 10.4. The first-order valence-corrected chi connectivity index (χ1v) is 10.1. The van der Waals surface area contributed by atoms with Crippen LogP contribution in [0.3, 0.4) is 0 Å². The van der Waals surface area contributed by atoms with E-state index >= 15 is 0 Å². The molecular formula is C22H22N4O7. The Morgan fingerprint density at radius 2 is 1.82 bits per heavy atom. The number of nitrogens with one attached hydrogen (secondary N) is 2. The highest BCUT2D eigenvalue weighted by molar-refractivity contribution is 5.99. The normalized spacial score (nSPS) is 16.1. The summed E-state index contributed by atoms with van der Waals surface area (Å²) in [6.45, 7) is 1.11. The van der Waals surface area contributed by atoms with E-state index in [-0.39, 0.29) is 24.6 Å². The first-order chi connectivity index (χ1) is 15.8. The number of hydrogen-bond donors (Lipinski definition) is 2. The monoisotopic (exact) mass is 454 g/mol. The van der Waals surface area contributed by atoms with Gasteiger partial charge in [-0.1, -0.05) is 42.5 Å². The van der Waals surface area contributed by atoms with Crippen LogP contribution in [0.4, 0.5) is 5.69 Å². The molecule has 0 aromatic heterocycles. The molecule has 3 amide bonds. The maximum Gasteiger partial charge on any atom is 0.311 e. The Morgan fingerprint density at radius 3 is 2.52 bits per heavy atom. The molecule has 172 valence electrons. The number of carbonyl (C=O) groups is 4. The first kappa shape index (κ1) is 23.4. The predicted molar refractivity (Wildman–Crippen MR) is 114 cm³/mol. The van der Waals surface area contributed by atoms with Crippen LogP contribution in [0.1, 0.15) is 35.3 Å². The van der Waals surface area contributed by atoms with Gasteiger partial charge in [-0.3, -0.25) is 39.7 Å². The molecule has 0 spiro atoms. The van der Waals surface area contributed by atoms with E-state index in [9.17, 15) is 29.3 Å². The quantitative estimate of drug-likeness (QED) is 0.349. The summed E-state index contributed by atoms with van der Waals surface area (Å²) >= 11 is 0. The maximum atomic E-state index is 12.4. The van der Waals surface area contributed by atoms with Gasteiger partial charge in [0.2, 0.25) is 5.91 Å². The molecule has 1 fully saturated rings. The van der Waals surface area contributed by atoms with Crippen molar-refractivity contribution < 1.29 is 28.8 Å². The Kier molecular flexibility index (Phi) is 7.34. The molecule has 2 N–H and O–H groups in total. The number of benzene rings is 2. The van der Waals surface area contributed by atoms with Gasteiger partial charge in [-0.25, -0.2) is 0 Å². The molecule has 2 aromatic rings. The Labute approximate surface area is 188 Å². The number of esters is 1. The molecular weight excluding hydrogens is 432 g/mol. The zero-order valence-corrected chi connectivity index (χ0v) is 17.7. The third-order valence-electron chi connectivity index (χ3n) is 5.06. The molecule has 11 heteroatoms. The number of hydrazine groups is 1. The van der Waals surface area contributed by atoms with Crippen LogP contribution < -0.4 is 10.7 Å². The summed E-state index contributed by atoms with van der Waals surface area (Å²) in [6.07, 6.45) is -0.224. The van der Waals surface area contributed by atoms with E-state index < -0.39 is 46.8 Å². The molecule has 2 aromatic carbocycles. The van der Waals surface area contributed by atoms with E-state index in [2.05, 4.69) is 10.7 Å². The number of carbonyl (C=O) groups excluding carboxylic acids is 4. The molecule has 0 aliphatic carbocycles. The van der Waals surface area contributed by atoms with Gasteiger partial charge < -0.3 is 10.1 Å². The van der Waals surface area contributed by atoms with Gasteiger partial charge >= 0.3 is 5.97 Å². The van der Waals surface area contributed by atoms with E-state index in [1.807, 2.05) is 30.3 Å². The minimum atomic E-state index is -0.886. The fourth-order valence-electron chi connectivity index (χ4n) is 3.34. The fraction of sp³-hybridized carbons (Fsp3) is 0.273. The van der Waals surface area contributed by atoms with E-state index in [0.29, 0.717) is 0 Å². The lowest BCUT2D eigenvalue weighted by molar-refractivity contribution is -0.385. The number of nitrogens with zero attached hydrogens (tertiary/aromatic N) is 2. The van der Waals surface area contributed by atoms with Crippen molar-refractivity contribution in [3.05, 3.63) is 75.8 Å². The van der Waals surface area contributed by atoms with E-state index in [1.54, 1.807) is 6.92 Å². The van der Waals surface area contributed by atoms with Gasteiger partial charge in [-0.05, 0) is 18.6 Å². The Hall–Kier alpha value is -4.28. The third-order valence-corrected chi connectivity index (χ3v) is 5.06. The van der Waals surface area contributed by atoms with Gasteiger partial charge in [0, 0.05) is 12.5 Å². The Morgan fingerprint density at radius 1 is 1.15 bits per heavy atom. The summed E-state index contributed by atoms with van der Waals surface area (Å²) in [4.78, 5) is 59.4. The van der Waals surface area contributed by atoms with Crippen LogP contribution in [0.25, 0.3) is 0 Å². The first-order valence-electron chi connectivity index (χ1n) is 10.1. The van der Waals surface area contributed by atoms with Crippen molar-refractivity contribution in [2.24, 2.45) is 5.92 Å². The van der Waals surface area contributed by atoms with Crippen molar-refractivity contribution in [3.63, 3.8) is 0 Å². The molecule has 11 nitrogen and oxygen atoms in total. The molecule has 2 atom stereocenters. The highest BCUT2D eigenvalue weighted by Gasteiger charge is 2.37. The van der Waals surface area contributed by atoms with Crippen molar-refractivity contribution in [3.8, 4) is 0 Å². The van der Waals surface area contributed by atoms with Crippen LogP contribution in [-0.2, 0) is 19.1 Å². The smallest absolute Gasteiger partial charge is 0.311 e. The van der Waals surface area contributed by atoms with Crippen LogP contribution in [0.15, 0.2) is 54.6 Å². The van der Waals surface area contributed by atoms with Gasteiger partial charge in [-0.2, -0.15) is 0 Å². The molecule has 1 aliphatic heterocycles. The van der Waals surface area contributed by atoms with Gasteiger partial charge in [-0.15, -0.1) is 0 Å². The molecule has 0 bridgehead atoms. The summed E-state index contributed by atoms with van der Waals surface area (Å²) < 4.78 is 5.03. The fourth-order valence-corrected chi connectivity index (χ4v) is 3.34. The standard InChI is InChI=1S/C22H22N4O7/c1-14(15-7-3-2-4-8-15)23-19(27)13-33-22(30)16-11-20(28)25(12-16)24-21(29)17-9-5-6-10-18(17)26(31)32/h2-10,14,16H,11-13H2,1H3,(H,23,27)(H,24,29)/t14-,16+/m1/s1. The third kappa shape index (κ3) is 5.91. The van der Waals surface area contributed by atoms with Gasteiger partial charge in [0.15, 0.2) is 6.61 Å². The minimum Gasteiger partial charge on any atom is -0.455 e. The van der Waals surface area contributed by atoms with Gasteiger partial charge in [0.1, 0.15) is 5.56 Å². The SMILES string of the molecule is C[C@@H](NC(=O)COC(=O)[C@H]1CC(=O)N(NC(=O)c2ccccc2[N+](=O)[O-])C1)c1ccccc1. The van der Waals surface area contributed by atoms with Crippen LogP contribution >= 0.6 is 0 Å². The van der Waals surface area contributed by atoms with Crippen molar-refractivity contribution in [1.82, 2.24) is 15.8 Å². The second-order valence-corrected chi connectivity index (χ2v) is 7.43. The number of nitro groups is 1. The highest BCUT2D eigenvalue weighted by atomic mass is 16.6. The Balaban J connectivity index is 1.50. The van der Waals surface area contributed by atoms with E-state index in [1.165, 1.54) is 24.3 Å². The van der Waals surface area contributed by atoms with Crippen molar-refractivity contribution in [1.29, 1.82) is 0 Å². The zero-order chi connectivity index (χ0) is 24.0. The minimum absolute atomic E-state index is 0.175. The lowest BCUT2D eigenvalue weighted by Crippen LogP contribution is -2.43. The van der Waals surface area contributed by atoms with E-state index in [4.69, 9.17) is 4.74 Å². The molecule has 0 unspecified atom stereocenters. The number of hydrogen-bond acceptors (Lipinski definition) is 7. The lowest BCUT2D eigenvalue weighted by atomic mass is 10.1. The molecule has 3 rings (SSSR count). The van der Waals surface area contributed by atoms with Crippen LogP contribution in [0.5, 0.6) is 0 Å². The zero-order valence-electron chi connectivity index (χ0n) is 17.7. The maximum absolute atomic E-state index is 12.4. The number of amides is 3. The average Bonchev–Trinajstić information content (AvgIpc) is 3.18. The van der Waals surface area contributed by atoms with Crippen molar-refractivity contribution >= 4 is 29.4 Å². The summed E-state index contributed by atoms with van der Waals surface area (Å²) in [5.41, 5.74) is 2.55. The van der Waals surface area contributed by atoms with Gasteiger partial charge in [0.05, 0.1) is 23.4 Å². The molecule has 0 saturated carbocycles. The van der Waals surface area contributed by atoms with Crippen molar-refractivity contribution in [2.45, 2.75) is 19.4 Å². The Bertz CT molecular complexity index is 1070. The number of rotatable bonds is 8. The summed E-state index contributed by atoms with van der Waals surface area (Å²) in [6, 6.07) is 14.3. The van der Waals surface area contributed by atoms with Crippen LogP contribution in [0, 0.1) is 16.0 Å². The van der Waals surface area contributed by atoms with Gasteiger partial charge in [0.25, 0.3) is 17.5 Å². The largest absolute Gasteiger partial charge is 0.455 e. The number of para-hydroxylation sites is 1. The van der Waals surface area contributed by atoms with Crippen LogP contribution in [0.2, 0.25) is 0 Å². The molecule has 33 heavy (non-hydrogen) atoms. The highest BCUT2D eigenvalue weighted by Crippen LogP contribution is 2.21. The summed E-state index contributed by atoms with van der Waals surface area (Å²) in [5.74, 6) is -3.54. The van der Waals surface area contributed by atoms with Crippen molar-refractivity contribution in [2.75, 3.05) is 13.2 Å². The number of nitro benzene ring substituents is 1. The molecule has 1 aliphatic rings. The summed E-state index contributed by atoms with van der Waals surface area (Å²) in [7, 11) is 0. The second-order valence-electron chi connectivity index (χ2n) is 7.43. The molecule has 0 radical (unpaired) electrons. The summed E-state index contributed by atoms with van der Waals surface area (Å²) in [5, 5.41) is 14.7. The number of ether oxygens (including phenoxy) is 1. The van der Waals surface area contributed by atoms with Crippen LogP contribution in [-0.4, -0.2) is 46.8 Å². The molecule has 1 heterocycles. The van der Waals surface area contributed by atoms with E-state index in [0.717, 1.165) is 10.6 Å².